The Bertz CT molecular complexity index is 748. The number of benzene rings is 2. The van der Waals surface area contributed by atoms with Gasteiger partial charge in [-0.2, -0.15) is 0 Å². The van der Waals surface area contributed by atoms with E-state index in [1.807, 2.05) is 25.1 Å². The second-order valence-corrected chi connectivity index (χ2v) is 6.22. The first-order valence-electron chi connectivity index (χ1n) is 7.91. The lowest BCUT2D eigenvalue weighted by atomic mass is 10.1. The number of methoxy groups -OCH3 is 1. The van der Waals surface area contributed by atoms with Gasteiger partial charge >= 0.3 is 5.97 Å². The Hall–Kier alpha value is -2.24. The van der Waals surface area contributed by atoms with E-state index < -0.39 is 12.0 Å². The van der Waals surface area contributed by atoms with Gasteiger partial charge in [-0.1, -0.05) is 41.4 Å². The molecule has 134 valence electrons. The van der Waals surface area contributed by atoms with Gasteiger partial charge in [-0.05, 0) is 31.0 Å². The maximum Gasteiger partial charge on any atom is 0.320 e. The molecular formula is C19H22ClNO4. The lowest BCUT2D eigenvalue weighted by Gasteiger charge is -2.15. The van der Waals surface area contributed by atoms with Crippen LogP contribution in [0.25, 0.3) is 0 Å². The predicted molar refractivity (Wildman–Crippen MR) is 97.5 cm³/mol. The van der Waals surface area contributed by atoms with Gasteiger partial charge in [0, 0.05) is 17.6 Å². The van der Waals surface area contributed by atoms with Crippen molar-refractivity contribution in [2.45, 2.75) is 33.0 Å². The molecule has 0 saturated heterocycles. The van der Waals surface area contributed by atoms with Gasteiger partial charge in [0.15, 0.2) is 11.5 Å². The zero-order valence-electron chi connectivity index (χ0n) is 14.5. The zero-order chi connectivity index (χ0) is 18.4. The highest BCUT2D eigenvalue weighted by Gasteiger charge is 2.14. The Morgan fingerprint density at radius 2 is 2.04 bits per heavy atom. The molecule has 0 aliphatic rings. The molecule has 0 amide bonds. The SMILES string of the molecule is COc1cc(CNC(C)C(=O)O)c(Cl)cc1OCc1cccc(C)c1. The molecule has 0 saturated carbocycles. The van der Waals surface area contributed by atoms with Crippen molar-refractivity contribution >= 4 is 17.6 Å². The first-order chi connectivity index (χ1) is 11.9. The molecule has 2 rings (SSSR count). The summed E-state index contributed by atoms with van der Waals surface area (Å²) < 4.78 is 11.2. The number of halogens is 1. The summed E-state index contributed by atoms with van der Waals surface area (Å²) in [4.78, 5) is 10.9. The number of nitrogens with one attached hydrogen (secondary N) is 1. The van der Waals surface area contributed by atoms with E-state index in [0.29, 0.717) is 29.7 Å². The summed E-state index contributed by atoms with van der Waals surface area (Å²) in [6, 6.07) is 10.8. The summed E-state index contributed by atoms with van der Waals surface area (Å²) in [5, 5.41) is 12.3. The van der Waals surface area contributed by atoms with Gasteiger partial charge in [0.1, 0.15) is 12.6 Å². The molecule has 0 bridgehead atoms. The van der Waals surface area contributed by atoms with Gasteiger partial charge in [0.05, 0.1) is 7.11 Å². The summed E-state index contributed by atoms with van der Waals surface area (Å²) >= 11 is 6.31. The highest BCUT2D eigenvalue weighted by molar-refractivity contribution is 6.31. The van der Waals surface area contributed by atoms with Gasteiger partial charge in [-0.25, -0.2) is 0 Å². The summed E-state index contributed by atoms with van der Waals surface area (Å²) in [5.41, 5.74) is 2.97. The Morgan fingerprint density at radius 1 is 1.28 bits per heavy atom. The molecular weight excluding hydrogens is 342 g/mol. The molecule has 0 fully saturated rings. The van der Waals surface area contributed by atoms with Crippen LogP contribution in [0.15, 0.2) is 36.4 Å². The minimum atomic E-state index is -0.916. The molecule has 6 heteroatoms. The van der Waals surface area contributed by atoms with E-state index >= 15 is 0 Å². The van der Waals surface area contributed by atoms with Gasteiger partial charge in [-0.3, -0.25) is 4.79 Å². The van der Waals surface area contributed by atoms with Crippen LogP contribution in [0.1, 0.15) is 23.6 Å². The lowest BCUT2D eigenvalue weighted by molar-refractivity contribution is -0.139. The van der Waals surface area contributed by atoms with E-state index in [2.05, 4.69) is 11.4 Å². The number of hydrogen-bond acceptors (Lipinski definition) is 4. The normalized spacial score (nSPS) is 11.8. The number of aliphatic carboxylic acids is 1. The lowest BCUT2D eigenvalue weighted by Crippen LogP contribution is -2.33. The van der Waals surface area contributed by atoms with Crippen LogP contribution >= 0.6 is 11.6 Å². The van der Waals surface area contributed by atoms with Crippen molar-refractivity contribution < 1.29 is 19.4 Å². The van der Waals surface area contributed by atoms with Crippen molar-refractivity contribution in [3.05, 3.63) is 58.1 Å². The molecule has 25 heavy (non-hydrogen) atoms. The van der Waals surface area contributed by atoms with Gasteiger partial charge in [-0.15, -0.1) is 0 Å². The number of hydrogen-bond donors (Lipinski definition) is 2. The van der Waals surface area contributed by atoms with Crippen molar-refractivity contribution in [1.29, 1.82) is 0 Å². The van der Waals surface area contributed by atoms with E-state index in [4.69, 9.17) is 26.2 Å². The van der Waals surface area contributed by atoms with Gasteiger partial charge in [0.2, 0.25) is 0 Å². The minimum absolute atomic E-state index is 0.320. The number of ether oxygens (including phenoxy) is 2. The van der Waals surface area contributed by atoms with Crippen LogP contribution in [0.3, 0.4) is 0 Å². The topological polar surface area (TPSA) is 67.8 Å². The first-order valence-corrected chi connectivity index (χ1v) is 8.29. The molecule has 2 aromatic rings. The molecule has 5 nitrogen and oxygen atoms in total. The second kappa shape index (κ2) is 8.74. The fourth-order valence-electron chi connectivity index (χ4n) is 2.30. The molecule has 0 spiro atoms. The molecule has 1 unspecified atom stereocenters. The largest absolute Gasteiger partial charge is 0.493 e. The Balaban J connectivity index is 2.11. The molecule has 0 radical (unpaired) electrons. The quantitative estimate of drug-likeness (QED) is 0.746. The molecule has 0 aliphatic heterocycles. The van der Waals surface area contributed by atoms with Crippen LogP contribution in [0.5, 0.6) is 11.5 Å². The molecule has 2 aromatic carbocycles. The van der Waals surface area contributed by atoms with Crippen LogP contribution in [-0.2, 0) is 17.9 Å². The second-order valence-electron chi connectivity index (χ2n) is 5.81. The van der Waals surface area contributed by atoms with Crippen LogP contribution in [0.4, 0.5) is 0 Å². The van der Waals surface area contributed by atoms with Crippen molar-refractivity contribution in [3.63, 3.8) is 0 Å². The fourth-order valence-corrected chi connectivity index (χ4v) is 2.52. The number of aryl methyl sites for hydroxylation is 1. The number of carboxylic acids is 1. The standard InChI is InChI=1S/C19H22ClNO4/c1-12-5-4-6-14(7-12)11-25-18-9-16(20)15(8-17(18)24-3)10-21-13(2)19(22)23/h4-9,13,21H,10-11H2,1-3H3,(H,22,23). The zero-order valence-corrected chi connectivity index (χ0v) is 15.3. The fraction of sp³-hybridized carbons (Fsp3) is 0.316. The van der Waals surface area contributed by atoms with Crippen LogP contribution in [0, 0.1) is 6.92 Å². The molecule has 0 aliphatic carbocycles. The third kappa shape index (κ3) is 5.37. The number of carbonyl (C=O) groups is 1. The van der Waals surface area contributed by atoms with Crippen molar-refractivity contribution in [3.8, 4) is 11.5 Å². The third-order valence-electron chi connectivity index (χ3n) is 3.78. The Kier molecular flexibility index (Phi) is 6.67. The van der Waals surface area contributed by atoms with E-state index in [1.165, 1.54) is 5.56 Å². The average Bonchev–Trinajstić information content (AvgIpc) is 2.58. The Labute approximate surface area is 152 Å². The minimum Gasteiger partial charge on any atom is -0.493 e. The van der Waals surface area contributed by atoms with E-state index in [1.54, 1.807) is 26.2 Å². The molecule has 2 N–H and O–H groups in total. The van der Waals surface area contributed by atoms with Crippen molar-refractivity contribution in [2.75, 3.05) is 7.11 Å². The predicted octanol–water partition coefficient (Wildman–Crippen LogP) is 3.80. The van der Waals surface area contributed by atoms with Crippen molar-refractivity contribution in [1.82, 2.24) is 5.32 Å². The number of rotatable bonds is 8. The number of carboxylic acid groups (broad SMARTS) is 1. The maximum atomic E-state index is 10.9. The summed E-state index contributed by atoms with van der Waals surface area (Å²) in [6.45, 7) is 4.33. The summed E-state index contributed by atoms with van der Waals surface area (Å²) in [5.74, 6) is 0.182. The van der Waals surface area contributed by atoms with Gasteiger partial charge in [0.25, 0.3) is 0 Å². The highest BCUT2D eigenvalue weighted by atomic mass is 35.5. The molecule has 0 aromatic heterocycles. The van der Waals surface area contributed by atoms with Crippen LogP contribution in [0.2, 0.25) is 5.02 Å². The molecule has 1 atom stereocenters. The summed E-state index contributed by atoms with van der Waals surface area (Å²) in [6.07, 6.45) is 0. The first kappa shape index (κ1) is 19.1. The Morgan fingerprint density at radius 3 is 2.68 bits per heavy atom. The third-order valence-corrected chi connectivity index (χ3v) is 4.13. The highest BCUT2D eigenvalue weighted by Crippen LogP contribution is 2.34. The smallest absolute Gasteiger partial charge is 0.320 e. The monoisotopic (exact) mass is 363 g/mol. The molecule has 0 heterocycles. The maximum absolute atomic E-state index is 10.9. The van der Waals surface area contributed by atoms with Crippen molar-refractivity contribution in [2.24, 2.45) is 0 Å². The van der Waals surface area contributed by atoms with Crippen LogP contribution in [-0.4, -0.2) is 24.2 Å². The average molecular weight is 364 g/mol. The van der Waals surface area contributed by atoms with Crippen LogP contribution < -0.4 is 14.8 Å². The van der Waals surface area contributed by atoms with Gasteiger partial charge < -0.3 is 19.9 Å². The van der Waals surface area contributed by atoms with E-state index in [-0.39, 0.29) is 0 Å². The van der Waals surface area contributed by atoms with E-state index in [0.717, 1.165) is 11.1 Å². The van der Waals surface area contributed by atoms with E-state index in [9.17, 15) is 4.79 Å². The summed E-state index contributed by atoms with van der Waals surface area (Å²) in [7, 11) is 1.56.